The maximum atomic E-state index is 12.1. The first kappa shape index (κ1) is 11.8. The van der Waals surface area contributed by atoms with E-state index < -0.39 is 0 Å². The fourth-order valence-electron chi connectivity index (χ4n) is 2.40. The number of nitrogen functional groups attached to an aromatic ring is 1. The molecule has 98 valence electrons. The van der Waals surface area contributed by atoms with Gasteiger partial charge in [-0.1, -0.05) is 30.3 Å². The molecule has 2 atom stereocenters. The van der Waals surface area contributed by atoms with Gasteiger partial charge >= 0.3 is 0 Å². The molecule has 1 aromatic carbocycles. The lowest BCUT2D eigenvalue weighted by Gasteiger charge is -2.05. The van der Waals surface area contributed by atoms with E-state index in [9.17, 15) is 4.79 Å². The van der Waals surface area contributed by atoms with E-state index >= 15 is 0 Å². The minimum absolute atomic E-state index is 0.146. The van der Waals surface area contributed by atoms with Crippen LogP contribution in [0.3, 0.4) is 0 Å². The number of nitrogens with zero attached hydrogens (tertiary/aromatic N) is 1. The van der Waals surface area contributed by atoms with Crippen molar-refractivity contribution in [3.63, 3.8) is 0 Å². The number of aromatic amines is 1. The third-order valence-corrected chi connectivity index (χ3v) is 3.54. The zero-order valence-corrected chi connectivity index (χ0v) is 10.7. The second-order valence-electron chi connectivity index (χ2n) is 4.94. The number of nitrogens with two attached hydrogens (primary N) is 1. The predicted molar refractivity (Wildman–Crippen MR) is 72.8 cm³/mol. The quantitative estimate of drug-likeness (QED) is 0.779. The molecule has 1 aromatic heterocycles. The van der Waals surface area contributed by atoms with Crippen LogP contribution in [0.25, 0.3) is 0 Å². The van der Waals surface area contributed by atoms with E-state index in [-0.39, 0.29) is 17.8 Å². The summed E-state index contributed by atoms with van der Waals surface area (Å²) in [4.78, 5) is 12.1. The monoisotopic (exact) mass is 256 g/mol. The summed E-state index contributed by atoms with van der Waals surface area (Å²) in [6.45, 7) is 1.79. The van der Waals surface area contributed by atoms with Crippen LogP contribution in [0, 0.1) is 6.92 Å². The zero-order chi connectivity index (χ0) is 13.4. The average molecular weight is 256 g/mol. The van der Waals surface area contributed by atoms with Crippen LogP contribution in [0.4, 0.5) is 5.82 Å². The highest BCUT2D eigenvalue weighted by Gasteiger charge is 2.39. The number of carbonyl (C=O) groups is 1. The number of anilines is 1. The molecule has 1 heterocycles. The van der Waals surface area contributed by atoms with Crippen molar-refractivity contribution in [3.05, 3.63) is 47.2 Å². The average Bonchev–Trinajstić information content (AvgIpc) is 3.08. The van der Waals surface area contributed by atoms with Crippen molar-refractivity contribution in [2.75, 3.05) is 5.73 Å². The molecule has 0 spiro atoms. The molecule has 5 heteroatoms. The van der Waals surface area contributed by atoms with Crippen LogP contribution in [0.5, 0.6) is 0 Å². The highest BCUT2D eigenvalue weighted by molar-refractivity contribution is 5.99. The minimum Gasteiger partial charge on any atom is -0.382 e. The molecule has 1 aliphatic carbocycles. The van der Waals surface area contributed by atoms with Crippen LogP contribution in [0.2, 0.25) is 0 Å². The number of H-pyrrole nitrogens is 1. The molecular weight excluding hydrogens is 240 g/mol. The maximum Gasteiger partial charge on any atom is 0.257 e. The third-order valence-electron chi connectivity index (χ3n) is 3.54. The Bertz CT molecular complexity index is 586. The molecule has 5 nitrogen and oxygen atoms in total. The highest BCUT2D eigenvalue weighted by atomic mass is 16.1. The summed E-state index contributed by atoms with van der Waals surface area (Å²) < 4.78 is 0. The first-order valence-electron chi connectivity index (χ1n) is 6.33. The lowest BCUT2D eigenvalue weighted by atomic mass is 10.1. The Morgan fingerprint density at radius 1 is 1.42 bits per heavy atom. The van der Waals surface area contributed by atoms with E-state index in [1.165, 1.54) is 5.56 Å². The summed E-state index contributed by atoms with van der Waals surface area (Å²) in [5.74, 6) is 0.526. The highest BCUT2D eigenvalue weighted by Crippen LogP contribution is 2.40. The number of aromatic nitrogens is 2. The first-order valence-corrected chi connectivity index (χ1v) is 6.33. The van der Waals surface area contributed by atoms with E-state index in [0.717, 1.165) is 6.42 Å². The number of rotatable bonds is 3. The van der Waals surface area contributed by atoms with Crippen molar-refractivity contribution in [1.29, 1.82) is 0 Å². The molecule has 0 radical (unpaired) electrons. The molecular formula is C14H16N4O. The molecule has 0 aliphatic heterocycles. The number of hydrogen-bond acceptors (Lipinski definition) is 3. The standard InChI is InChI=1S/C14H16N4O/c1-8-12(13(15)18-17-8)14(19)16-11-7-10(11)9-5-3-2-4-6-9/h2-6,10-11H,7H2,1H3,(H,16,19)(H3,15,17,18). The number of benzene rings is 1. The summed E-state index contributed by atoms with van der Waals surface area (Å²) >= 11 is 0. The molecule has 3 rings (SSSR count). The van der Waals surface area contributed by atoms with E-state index in [1.807, 2.05) is 18.2 Å². The molecule has 1 aliphatic rings. The van der Waals surface area contributed by atoms with Gasteiger partial charge in [-0.2, -0.15) is 5.10 Å². The van der Waals surface area contributed by atoms with Gasteiger partial charge in [0.15, 0.2) is 5.82 Å². The largest absolute Gasteiger partial charge is 0.382 e. The van der Waals surface area contributed by atoms with E-state index in [2.05, 4.69) is 27.6 Å². The van der Waals surface area contributed by atoms with Gasteiger partial charge in [-0.25, -0.2) is 0 Å². The van der Waals surface area contributed by atoms with Gasteiger partial charge in [0.2, 0.25) is 0 Å². The third kappa shape index (κ3) is 2.19. The summed E-state index contributed by atoms with van der Waals surface area (Å²) in [6, 6.07) is 10.4. The second-order valence-corrected chi connectivity index (χ2v) is 4.94. The predicted octanol–water partition coefficient (Wildman–Crippen LogP) is 1.59. The molecule has 1 amide bonds. The van der Waals surface area contributed by atoms with Crippen molar-refractivity contribution in [3.8, 4) is 0 Å². The van der Waals surface area contributed by atoms with Crippen molar-refractivity contribution >= 4 is 11.7 Å². The Balaban J connectivity index is 1.67. The molecule has 2 aromatic rings. The molecule has 19 heavy (non-hydrogen) atoms. The van der Waals surface area contributed by atoms with Gasteiger partial charge in [0, 0.05) is 17.7 Å². The van der Waals surface area contributed by atoms with Gasteiger partial charge in [0.05, 0.1) is 0 Å². The van der Waals surface area contributed by atoms with Crippen molar-refractivity contribution < 1.29 is 4.79 Å². The van der Waals surface area contributed by atoms with Gasteiger partial charge < -0.3 is 11.1 Å². The second kappa shape index (κ2) is 4.42. The lowest BCUT2D eigenvalue weighted by molar-refractivity contribution is 0.0950. The summed E-state index contributed by atoms with van der Waals surface area (Å²) in [7, 11) is 0. The Kier molecular flexibility index (Phi) is 2.74. The molecule has 4 N–H and O–H groups in total. The lowest BCUT2D eigenvalue weighted by Crippen LogP contribution is -2.27. The smallest absolute Gasteiger partial charge is 0.257 e. The Hall–Kier alpha value is -2.30. The van der Waals surface area contributed by atoms with Crippen molar-refractivity contribution in [2.45, 2.75) is 25.3 Å². The van der Waals surface area contributed by atoms with Crippen LogP contribution >= 0.6 is 0 Å². The van der Waals surface area contributed by atoms with E-state index in [1.54, 1.807) is 6.92 Å². The molecule has 0 bridgehead atoms. The van der Waals surface area contributed by atoms with E-state index in [0.29, 0.717) is 17.2 Å². The fraction of sp³-hybridized carbons (Fsp3) is 0.286. The summed E-state index contributed by atoms with van der Waals surface area (Å²) in [5.41, 5.74) is 8.11. The van der Waals surface area contributed by atoms with Crippen LogP contribution < -0.4 is 11.1 Å². The fourth-order valence-corrected chi connectivity index (χ4v) is 2.40. The Morgan fingerprint density at radius 2 is 2.16 bits per heavy atom. The van der Waals surface area contributed by atoms with Gasteiger partial charge in [-0.15, -0.1) is 0 Å². The summed E-state index contributed by atoms with van der Waals surface area (Å²) in [5, 5.41) is 9.56. The van der Waals surface area contributed by atoms with Crippen molar-refractivity contribution in [2.24, 2.45) is 0 Å². The number of nitrogens with one attached hydrogen (secondary N) is 2. The van der Waals surface area contributed by atoms with Crippen LogP contribution in [0.1, 0.15) is 34.0 Å². The van der Waals surface area contributed by atoms with Crippen LogP contribution in [-0.2, 0) is 0 Å². The zero-order valence-electron chi connectivity index (χ0n) is 10.7. The first-order chi connectivity index (χ1) is 9.16. The minimum atomic E-state index is -0.146. The van der Waals surface area contributed by atoms with Crippen molar-refractivity contribution in [1.82, 2.24) is 15.5 Å². The molecule has 0 saturated heterocycles. The normalized spacial score (nSPS) is 21.1. The molecule has 2 unspecified atom stereocenters. The number of carbonyl (C=O) groups excluding carboxylic acids is 1. The Labute approximate surface area is 111 Å². The van der Waals surface area contributed by atoms with Gasteiger partial charge in [-0.3, -0.25) is 9.89 Å². The van der Waals surface area contributed by atoms with Gasteiger partial charge in [0.25, 0.3) is 5.91 Å². The van der Waals surface area contributed by atoms with Gasteiger partial charge in [-0.05, 0) is 18.9 Å². The molecule has 1 saturated carbocycles. The number of amides is 1. The van der Waals surface area contributed by atoms with Crippen LogP contribution in [0.15, 0.2) is 30.3 Å². The number of hydrogen-bond donors (Lipinski definition) is 3. The molecule has 1 fully saturated rings. The maximum absolute atomic E-state index is 12.1. The summed E-state index contributed by atoms with van der Waals surface area (Å²) in [6.07, 6.45) is 0.979. The van der Waals surface area contributed by atoms with Crippen LogP contribution in [-0.4, -0.2) is 22.1 Å². The topological polar surface area (TPSA) is 83.8 Å². The van der Waals surface area contributed by atoms with Gasteiger partial charge in [0.1, 0.15) is 5.56 Å². The SMILES string of the molecule is Cc1[nH]nc(N)c1C(=O)NC1CC1c1ccccc1. The number of aryl methyl sites for hydroxylation is 1. The van der Waals surface area contributed by atoms with E-state index in [4.69, 9.17) is 5.73 Å². The Morgan fingerprint density at radius 3 is 2.79 bits per heavy atom.